The zero-order valence-corrected chi connectivity index (χ0v) is 13.5. The van der Waals surface area contributed by atoms with Crippen molar-refractivity contribution in [3.63, 3.8) is 0 Å². The third-order valence-corrected chi connectivity index (χ3v) is 6.63. The van der Waals surface area contributed by atoms with Crippen LogP contribution in [0.15, 0.2) is 23.1 Å². The summed E-state index contributed by atoms with van der Waals surface area (Å²) in [5, 5.41) is 0. The molecular formula is C14H20ClFN2O2S. The van der Waals surface area contributed by atoms with Gasteiger partial charge >= 0.3 is 0 Å². The fraction of sp³-hybridized carbons (Fsp3) is 0.571. The molecule has 2 fully saturated rings. The molecule has 0 radical (unpaired) electrons. The van der Waals surface area contributed by atoms with Crippen molar-refractivity contribution in [1.29, 1.82) is 0 Å². The standard InChI is InChI=1S/C14H19FN2O2S.ClH/c1-9-6-11(15)3-5-14(9)20(18,19)17-7-10-2-4-13(16)12(10)8-17;/h3,5-6,10,12-13H,2,4,7-8,16H2,1H3;1H. The van der Waals surface area contributed by atoms with E-state index in [0.717, 1.165) is 12.8 Å². The van der Waals surface area contributed by atoms with Crippen molar-refractivity contribution in [3.05, 3.63) is 29.6 Å². The summed E-state index contributed by atoms with van der Waals surface area (Å²) in [5.41, 5.74) is 6.49. The van der Waals surface area contributed by atoms with E-state index in [0.29, 0.717) is 24.6 Å². The Morgan fingerprint density at radius 2 is 2.00 bits per heavy atom. The van der Waals surface area contributed by atoms with Gasteiger partial charge in [0.15, 0.2) is 0 Å². The normalized spacial score (nSPS) is 29.2. The van der Waals surface area contributed by atoms with Gasteiger partial charge in [-0.15, -0.1) is 12.4 Å². The van der Waals surface area contributed by atoms with Gasteiger partial charge in [-0.1, -0.05) is 0 Å². The van der Waals surface area contributed by atoms with Crippen molar-refractivity contribution in [3.8, 4) is 0 Å². The van der Waals surface area contributed by atoms with Crippen molar-refractivity contribution in [2.75, 3.05) is 13.1 Å². The van der Waals surface area contributed by atoms with E-state index in [9.17, 15) is 12.8 Å². The Morgan fingerprint density at radius 3 is 2.62 bits per heavy atom. The molecule has 0 spiro atoms. The summed E-state index contributed by atoms with van der Waals surface area (Å²) in [6.07, 6.45) is 1.99. The first kappa shape index (κ1) is 16.7. The summed E-state index contributed by atoms with van der Waals surface area (Å²) in [6, 6.07) is 3.92. The molecule has 21 heavy (non-hydrogen) atoms. The number of sulfonamides is 1. The lowest BCUT2D eigenvalue weighted by molar-refractivity contribution is 0.426. The SMILES string of the molecule is Cc1cc(F)ccc1S(=O)(=O)N1CC2CCC(N)C2C1.Cl. The summed E-state index contributed by atoms with van der Waals surface area (Å²) in [4.78, 5) is 0.201. The number of rotatable bonds is 2. The van der Waals surface area contributed by atoms with Crippen LogP contribution in [0.3, 0.4) is 0 Å². The fourth-order valence-electron chi connectivity index (χ4n) is 3.50. The Morgan fingerprint density at radius 1 is 1.29 bits per heavy atom. The minimum atomic E-state index is -3.54. The zero-order chi connectivity index (χ0) is 14.5. The molecule has 4 nitrogen and oxygen atoms in total. The third-order valence-electron chi connectivity index (χ3n) is 4.63. The highest BCUT2D eigenvalue weighted by molar-refractivity contribution is 7.89. The van der Waals surface area contributed by atoms with Crippen LogP contribution in [0, 0.1) is 24.6 Å². The van der Waals surface area contributed by atoms with Crippen molar-refractivity contribution in [2.24, 2.45) is 17.6 Å². The van der Waals surface area contributed by atoms with Gasteiger partial charge in [-0.2, -0.15) is 4.31 Å². The number of aryl methyl sites for hydroxylation is 1. The van der Waals surface area contributed by atoms with E-state index in [1.54, 1.807) is 6.92 Å². The van der Waals surface area contributed by atoms with Crippen LogP contribution in [-0.2, 0) is 10.0 Å². The van der Waals surface area contributed by atoms with Gasteiger partial charge in [0.1, 0.15) is 5.82 Å². The first-order valence-corrected chi connectivity index (χ1v) is 8.35. The van der Waals surface area contributed by atoms with Crippen molar-refractivity contribution in [1.82, 2.24) is 4.31 Å². The predicted octanol–water partition coefficient (Wildman–Crippen LogP) is 1.91. The molecule has 0 bridgehead atoms. The first-order chi connectivity index (χ1) is 9.39. The van der Waals surface area contributed by atoms with Gasteiger partial charge in [0.2, 0.25) is 10.0 Å². The van der Waals surface area contributed by atoms with Crippen LogP contribution >= 0.6 is 12.4 Å². The molecule has 1 saturated carbocycles. The average Bonchev–Trinajstić information content (AvgIpc) is 2.92. The Hall–Kier alpha value is -0.690. The third kappa shape index (κ3) is 2.82. The Balaban J connectivity index is 0.00000161. The Bertz CT molecular complexity index is 638. The molecule has 7 heteroatoms. The smallest absolute Gasteiger partial charge is 0.243 e. The van der Waals surface area contributed by atoms with E-state index in [1.807, 2.05) is 0 Å². The van der Waals surface area contributed by atoms with Gasteiger partial charge in [-0.3, -0.25) is 0 Å². The number of hydrogen-bond acceptors (Lipinski definition) is 3. The van der Waals surface area contributed by atoms with Crippen LogP contribution in [-0.4, -0.2) is 31.9 Å². The number of halogens is 2. The van der Waals surface area contributed by atoms with Gasteiger partial charge in [-0.05, 0) is 55.4 Å². The largest absolute Gasteiger partial charge is 0.327 e. The number of fused-ring (bicyclic) bond motifs is 1. The summed E-state index contributed by atoms with van der Waals surface area (Å²) in [5.74, 6) is 0.229. The average molecular weight is 335 g/mol. The lowest BCUT2D eigenvalue weighted by Gasteiger charge is -2.19. The second-order valence-electron chi connectivity index (χ2n) is 5.90. The Kier molecular flexibility index (Phi) is 4.63. The van der Waals surface area contributed by atoms with E-state index in [2.05, 4.69) is 0 Å². The van der Waals surface area contributed by atoms with E-state index in [4.69, 9.17) is 5.73 Å². The summed E-state index contributed by atoms with van der Waals surface area (Å²) in [6.45, 7) is 2.65. The maximum atomic E-state index is 13.1. The maximum Gasteiger partial charge on any atom is 0.243 e. The van der Waals surface area contributed by atoms with Crippen LogP contribution in [0.2, 0.25) is 0 Å². The molecule has 1 aliphatic carbocycles. The lowest BCUT2D eigenvalue weighted by atomic mass is 9.98. The molecule has 1 heterocycles. The molecule has 1 saturated heterocycles. The van der Waals surface area contributed by atoms with Crippen molar-refractivity contribution in [2.45, 2.75) is 30.7 Å². The number of benzene rings is 1. The maximum absolute atomic E-state index is 13.1. The molecule has 3 atom stereocenters. The van der Waals surface area contributed by atoms with Gasteiger partial charge in [0.25, 0.3) is 0 Å². The molecule has 2 aliphatic rings. The molecule has 0 aromatic heterocycles. The summed E-state index contributed by atoms with van der Waals surface area (Å²) in [7, 11) is -3.54. The number of hydrogen-bond donors (Lipinski definition) is 1. The molecule has 118 valence electrons. The summed E-state index contributed by atoms with van der Waals surface area (Å²) < 4.78 is 40.0. The zero-order valence-electron chi connectivity index (χ0n) is 11.8. The van der Waals surface area contributed by atoms with E-state index < -0.39 is 15.8 Å². The monoisotopic (exact) mass is 334 g/mol. The Labute approximate surface area is 131 Å². The van der Waals surface area contributed by atoms with Crippen LogP contribution in [0.4, 0.5) is 4.39 Å². The molecule has 3 rings (SSSR count). The fourth-order valence-corrected chi connectivity index (χ4v) is 5.24. The van der Waals surface area contributed by atoms with Gasteiger partial charge in [0, 0.05) is 19.1 Å². The molecule has 1 aromatic rings. The highest BCUT2D eigenvalue weighted by Gasteiger charge is 2.45. The van der Waals surface area contributed by atoms with E-state index in [1.165, 1.54) is 22.5 Å². The molecule has 3 unspecified atom stereocenters. The topological polar surface area (TPSA) is 63.4 Å². The predicted molar refractivity (Wildman–Crippen MR) is 81.3 cm³/mol. The van der Waals surface area contributed by atoms with Gasteiger partial charge in [0.05, 0.1) is 4.90 Å². The van der Waals surface area contributed by atoms with Gasteiger partial charge in [-0.25, -0.2) is 12.8 Å². The van der Waals surface area contributed by atoms with Crippen LogP contribution in [0.25, 0.3) is 0 Å². The minimum absolute atomic E-state index is 0. The second-order valence-corrected chi connectivity index (χ2v) is 7.80. The van der Waals surface area contributed by atoms with Crippen molar-refractivity contribution < 1.29 is 12.8 Å². The van der Waals surface area contributed by atoms with Crippen LogP contribution in [0.5, 0.6) is 0 Å². The van der Waals surface area contributed by atoms with E-state index >= 15 is 0 Å². The number of nitrogens with zero attached hydrogens (tertiary/aromatic N) is 1. The minimum Gasteiger partial charge on any atom is -0.327 e. The number of nitrogens with two attached hydrogens (primary N) is 1. The lowest BCUT2D eigenvalue weighted by Crippen LogP contribution is -2.33. The molecule has 1 aromatic carbocycles. The molecule has 2 N–H and O–H groups in total. The second kappa shape index (κ2) is 5.83. The highest BCUT2D eigenvalue weighted by Crippen LogP contribution is 2.39. The highest BCUT2D eigenvalue weighted by atomic mass is 35.5. The van der Waals surface area contributed by atoms with E-state index in [-0.39, 0.29) is 29.3 Å². The first-order valence-electron chi connectivity index (χ1n) is 6.91. The van der Waals surface area contributed by atoms with Gasteiger partial charge < -0.3 is 5.73 Å². The van der Waals surface area contributed by atoms with Crippen molar-refractivity contribution >= 4 is 22.4 Å². The molecule has 1 aliphatic heterocycles. The molecule has 0 amide bonds. The summed E-state index contributed by atoms with van der Waals surface area (Å²) >= 11 is 0. The molecular weight excluding hydrogens is 315 g/mol. The van der Waals surface area contributed by atoms with Crippen LogP contribution in [0.1, 0.15) is 18.4 Å². The van der Waals surface area contributed by atoms with Crippen LogP contribution < -0.4 is 5.73 Å². The quantitative estimate of drug-likeness (QED) is 0.898.